The van der Waals surface area contributed by atoms with Crippen LogP contribution in [0.3, 0.4) is 0 Å². The molecule has 3 rings (SSSR count). The average Bonchev–Trinajstić information content (AvgIpc) is 3.17. The van der Waals surface area contributed by atoms with Crippen molar-refractivity contribution in [3.8, 4) is 5.69 Å². The minimum absolute atomic E-state index is 0.296. The van der Waals surface area contributed by atoms with Gasteiger partial charge in [0, 0.05) is 18.9 Å². The van der Waals surface area contributed by atoms with E-state index in [4.69, 9.17) is 5.11 Å². The summed E-state index contributed by atoms with van der Waals surface area (Å²) >= 11 is 0. The van der Waals surface area contributed by atoms with Crippen molar-refractivity contribution in [1.82, 2.24) is 19.7 Å². The van der Waals surface area contributed by atoms with E-state index in [-0.39, 0.29) is 5.91 Å². The molecule has 3 heterocycles. The number of rotatable bonds is 3. The zero-order chi connectivity index (χ0) is 14.8. The lowest BCUT2D eigenvalue weighted by Crippen LogP contribution is -2.40. The third kappa shape index (κ3) is 2.49. The summed E-state index contributed by atoms with van der Waals surface area (Å²) in [5.74, 6) is -1.25. The van der Waals surface area contributed by atoms with E-state index >= 15 is 0 Å². The highest BCUT2D eigenvalue weighted by atomic mass is 16.4. The van der Waals surface area contributed by atoms with Crippen molar-refractivity contribution < 1.29 is 14.7 Å². The average molecular weight is 286 g/mol. The highest BCUT2D eigenvalue weighted by molar-refractivity contribution is 5.96. The van der Waals surface area contributed by atoms with Gasteiger partial charge in [0.05, 0.1) is 23.6 Å². The fourth-order valence-electron chi connectivity index (χ4n) is 2.50. The molecular weight excluding hydrogens is 272 g/mol. The van der Waals surface area contributed by atoms with Crippen LogP contribution in [0.1, 0.15) is 23.2 Å². The Labute approximate surface area is 120 Å². The summed E-state index contributed by atoms with van der Waals surface area (Å²) in [5.41, 5.74) is 1.12. The Balaban J connectivity index is 1.83. The number of likely N-dealkylation sites (tertiary alicyclic amines) is 1. The second-order valence-electron chi connectivity index (χ2n) is 4.88. The van der Waals surface area contributed by atoms with Crippen LogP contribution in [0.2, 0.25) is 0 Å². The summed E-state index contributed by atoms with van der Waals surface area (Å²) in [7, 11) is 0. The largest absolute Gasteiger partial charge is 0.480 e. The van der Waals surface area contributed by atoms with Crippen LogP contribution in [0.25, 0.3) is 5.69 Å². The van der Waals surface area contributed by atoms with Gasteiger partial charge in [-0.1, -0.05) is 0 Å². The number of aliphatic carboxylic acids is 1. The maximum Gasteiger partial charge on any atom is 0.326 e. The van der Waals surface area contributed by atoms with Crippen LogP contribution >= 0.6 is 0 Å². The molecule has 108 valence electrons. The molecule has 1 N–H and O–H groups in total. The highest BCUT2D eigenvalue weighted by Gasteiger charge is 2.34. The summed E-state index contributed by atoms with van der Waals surface area (Å²) in [6.45, 7) is 0.466. The number of nitrogens with zero attached hydrogens (tertiary/aromatic N) is 4. The van der Waals surface area contributed by atoms with E-state index in [2.05, 4.69) is 10.1 Å². The monoisotopic (exact) mass is 286 g/mol. The van der Waals surface area contributed by atoms with Crippen molar-refractivity contribution in [2.75, 3.05) is 6.54 Å². The van der Waals surface area contributed by atoms with Crippen LogP contribution in [0.4, 0.5) is 0 Å². The van der Waals surface area contributed by atoms with Gasteiger partial charge in [0.15, 0.2) is 0 Å². The molecule has 0 bridgehead atoms. The highest BCUT2D eigenvalue weighted by Crippen LogP contribution is 2.20. The Morgan fingerprint density at radius 2 is 2.19 bits per heavy atom. The van der Waals surface area contributed by atoms with E-state index in [9.17, 15) is 9.59 Å². The molecule has 2 aromatic rings. The van der Waals surface area contributed by atoms with Crippen molar-refractivity contribution in [1.29, 1.82) is 0 Å². The lowest BCUT2D eigenvalue weighted by Gasteiger charge is -2.20. The Bertz CT molecular complexity index is 668. The van der Waals surface area contributed by atoms with E-state index in [0.29, 0.717) is 24.9 Å². The summed E-state index contributed by atoms with van der Waals surface area (Å²) in [5, 5.41) is 13.3. The normalized spacial score (nSPS) is 17.9. The summed E-state index contributed by atoms with van der Waals surface area (Å²) in [6, 6.07) is 2.86. The predicted octanol–water partition coefficient (Wildman–Crippen LogP) is 0.956. The van der Waals surface area contributed by atoms with E-state index < -0.39 is 12.0 Å². The molecule has 0 aliphatic carbocycles. The maximum absolute atomic E-state index is 12.4. The smallest absolute Gasteiger partial charge is 0.326 e. The van der Waals surface area contributed by atoms with Gasteiger partial charge in [-0.15, -0.1) is 0 Å². The first kappa shape index (κ1) is 13.3. The molecule has 2 aromatic heterocycles. The first-order valence-corrected chi connectivity index (χ1v) is 6.65. The Kier molecular flexibility index (Phi) is 3.39. The molecule has 1 aliphatic heterocycles. The first-order chi connectivity index (χ1) is 10.2. The molecule has 1 amide bonds. The van der Waals surface area contributed by atoms with Crippen molar-refractivity contribution in [2.45, 2.75) is 18.9 Å². The van der Waals surface area contributed by atoms with Gasteiger partial charge in [0.2, 0.25) is 0 Å². The van der Waals surface area contributed by atoms with Gasteiger partial charge < -0.3 is 10.0 Å². The standard InChI is InChI=1S/C14H14N4O3/c19-13(17-6-2-4-12(17)14(20)21)10-7-16-18(9-10)11-3-1-5-15-8-11/h1,3,5,7-9,12H,2,4,6H2,(H,20,21). The van der Waals surface area contributed by atoms with Crippen molar-refractivity contribution in [3.05, 3.63) is 42.5 Å². The number of hydrogen-bond acceptors (Lipinski definition) is 4. The summed E-state index contributed by atoms with van der Waals surface area (Å²) in [4.78, 5) is 28.9. The maximum atomic E-state index is 12.4. The van der Waals surface area contributed by atoms with Crippen LogP contribution < -0.4 is 0 Å². The number of hydrogen-bond donors (Lipinski definition) is 1. The topological polar surface area (TPSA) is 88.3 Å². The van der Waals surface area contributed by atoms with Gasteiger partial charge >= 0.3 is 5.97 Å². The van der Waals surface area contributed by atoms with E-state index in [0.717, 1.165) is 5.69 Å². The molecule has 1 unspecified atom stereocenters. The van der Waals surface area contributed by atoms with Crippen LogP contribution in [0.15, 0.2) is 36.9 Å². The molecule has 0 spiro atoms. The number of carboxylic acids is 1. The second-order valence-corrected chi connectivity index (χ2v) is 4.88. The van der Waals surface area contributed by atoms with Gasteiger partial charge in [0.1, 0.15) is 6.04 Å². The molecule has 7 nitrogen and oxygen atoms in total. The molecule has 7 heteroatoms. The predicted molar refractivity (Wildman–Crippen MR) is 73.1 cm³/mol. The Morgan fingerprint density at radius 1 is 1.33 bits per heavy atom. The molecule has 1 fully saturated rings. The Morgan fingerprint density at radius 3 is 2.90 bits per heavy atom. The van der Waals surface area contributed by atoms with Crippen molar-refractivity contribution >= 4 is 11.9 Å². The zero-order valence-corrected chi connectivity index (χ0v) is 11.2. The molecule has 1 atom stereocenters. The lowest BCUT2D eigenvalue weighted by atomic mass is 10.2. The third-order valence-corrected chi connectivity index (χ3v) is 3.54. The lowest BCUT2D eigenvalue weighted by molar-refractivity contribution is -0.141. The van der Waals surface area contributed by atoms with Gasteiger partial charge in [-0.3, -0.25) is 9.78 Å². The molecule has 1 aliphatic rings. The van der Waals surface area contributed by atoms with Crippen LogP contribution in [-0.2, 0) is 4.79 Å². The number of pyridine rings is 1. The fourth-order valence-corrected chi connectivity index (χ4v) is 2.50. The van der Waals surface area contributed by atoms with E-state index in [1.807, 2.05) is 6.07 Å². The summed E-state index contributed by atoms with van der Waals surface area (Å²) in [6.07, 6.45) is 7.54. The van der Waals surface area contributed by atoms with Gasteiger partial charge in [-0.25, -0.2) is 9.48 Å². The van der Waals surface area contributed by atoms with Crippen molar-refractivity contribution in [2.24, 2.45) is 0 Å². The molecular formula is C14H14N4O3. The van der Waals surface area contributed by atoms with Gasteiger partial charge in [-0.2, -0.15) is 5.10 Å². The number of carboxylic acid groups (broad SMARTS) is 1. The number of amides is 1. The van der Waals surface area contributed by atoms with Crippen LogP contribution in [-0.4, -0.2) is 49.2 Å². The van der Waals surface area contributed by atoms with Crippen molar-refractivity contribution in [3.63, 3.8) is 0 Å². The Hall–Kier alpha value is -2.70. The molecule has 21 heavy (non-hydrogen) atoms. The minimum Gasteiger partial charge on any atom is -0.480 e. The minimum atomic E-state index is -0.958. The van der Waals surface area contributed by atoms with Gasteiger partial charge in [0.25, 0.3) is 5.91 Å². The SMILES string of the molecule is O=C(O)C1CCCN1C(=O)c1cnn(-c2cccnc2)c1. The molecule has 0 radical (unpaired) electrons. The summed E-state index contributed by atoms with van der Waals surface area (Å²) < 4.78 is 1.55. The van der Waals surface area contributed by atoms with E-state index in [1.54, 1.807) is 29.3 Å². The number of carbonyl (C=O) groups is 2. The van der Waals surface area contributed by atoms with Gasteiger partial charge in [-0.05, 0) is 25.0 Å². The fraction of sp³-hybridized carbons (Fsp3) is 0.286. The zero-order valence-electron chi connectivity index (χ0n) is 11.2. The van der Waals surface area contributed by atoms with Crippen LogP contribution in [0.5, 0.6) is 0 Å². The molecule has 0 saturated carbocycles. The second kappa shape index (κ2) is 5.35. The molecule has 0 aromatic carbocycles. The van der Waals surface area contributed by atoms with Crippen LogP contribution in [0, 0.1) is 0 Å². The first-order valence-electron chi connectivity index (χ1n) is 6.65. The number of carbonyl (C=O) groups excluding carboxylic acids is 1. The third-order valence-electron chi connectivity index (χ3n) is 3.54. The quantitative estimate of drug-likeness (QED) is 0.907. The number of aromatic nitrogens is 3. The van der Waals surface area contributed by atoms with E-state index in [1.165, 1.54) is 11.1 Å². The molecule has 1 saturated heterocycles.